The molecule has 0 saturated carbocycles. The third kappa shape index (κ3) is 4.78. The summed E-state index contributed by atoms with van der Waals surface area (Å²) >= 11 is 0. The van der Waals surface area contributed by atoms with E-state index < -0.39 is 23.2 Å². The van der Waals surface area contributed by atoms with Crippen molar-refractivity contribution in [2.24, 2.45) is 16.6 Å². The first-order valence-corrected chi connectivity index (χ1v) is 13.7. The van der Waals surface area contributed by atoms with E-state index in [2.05, 4.69) is 5.32 Å². The maximum atomic E-state index is 13.6. The van der Waals surface area contributed by atoms with Gasteiger partial charge in [0.2, 0.25) is 5.91 Å². The summed E-state index contributed by atoms with van der Waals surface area (Å²) in [6, 6.07) is 11.9. The molecule has 0 aromatic heterocycles. The molecule has 0 radical (unpaired) electrons. The van der Waals surface area contributed by atoms with Gasteiger partial charge >= 0.3 is 0 Å². The molecule has 208 valence electrons. The van der Waals surface area contributed by atoms with Crippen molar-refractivity contribution in [1.29, 1.82) is 0 Å². The minimum Gasteiger partial charge on any atom is -0.493 e. The molecule has 0 unspecified atom stereocenters. The van der Waals surface area contributed by atoms with E-state index in [4.69, 9.17) is 20.2 Å². The fourth-order valence-electron chi connectivity index (χ4n) is 6.33. The van der Waals surface area contributed by atoms with Gasteiger partial charge in [0.05, 0.1) is 42.9 Å². The van der Waals surface area contributed by atoms with E-state index >= 15 is 0 Å². The Labute approximate surface area is 229 Å². The van der Waals surface area contributed by atoms with E-state index in [1.54, 1.807) is 37.1 Å². The monoisotopic (exact) mass is 534 g/mol. The number of guanidine groups is 1. The van der Waals surface area contributed by atoms with Gasteiger partial charge in [-0.3, -0.25) is 14.5 Å². The third-order valence-electron chi connectivity index (χ3n) is 8.62. The first-order chi connectivity index (χ1) is 18.6. The highest BCUT2D eigenvalue weighted by Crippen LogP contribution is 2.43. The number of carbonyl (C=O) groups excluding carboxylic acids is 2. The lowest BCUT2D eigenvalue weighted by atomic mass is 9.84. The maximum absolute atomic E-state index is 13.6. The van der Waals surface area contributed by atoms with E-state index in [0.29, 0.717) is 49.4 Å². The van der Waals surface area contributed by atoms with Gasteiger partial charge in [0.25, 0.3) is 5.91 Å². The summed E-state index contributed by atoms with van der Waals surface area (Å²) in [4.78, 5) is 33.5. The molecule has 39 heavy (non-hydrogen) atoms. The number of methoxy groups -OCH3 is 1. The molecule has 3 aliphatic rings. The molecule has 9 nitrogen and oxygen atoms in total. The van der Waals surface area contributed by atoms with Gasteiger partial charge in [-0.05, 0) is 49.1 Å². The van der Waals surface area contributed by atoms with E-state index in [1.807, 2.05) is 38.1 Å². The Morgan fingerprint density at radius 3 is 2.64 bits per heavy atom. The predicted molar refractivity (Wildman–Crippen MR) is 147 cm³/mol. The lowest BCUT2D eigenvalue weighted by molar-refractivity contribution is -0.133. The Kier molecular flexibility index (Phi) is 7.15. The molecule has 4 atom stereocenters. The number of rotatable bonds is 7. The highest BCUT2D eigenvalue weighted by atomic mass is 16.5. The molecular formula is C30H38N4O5. The smallest absolute Gasteiger partial charge is 0.251 e. The summed E-state index contributed by atoms with van der Waals surface area (Å²) in [7, 11) is 1.61. The Morgan fingerprint density at radius 1 is 1.21 bits per heavy atom. The summed E-state index contributed by atoms with van der Waals surface area (Å²) in [6.07, 6.45) is 2.16. The SMILES string of the molecule is CCC1(CC)CC(=O)N([C@H]2c3cc(C(=O)N[C@@H]4c5ccccc5C[C@@]4(C)O)ccc3OC[C@H]2COC)C(N)=N1. The summed E-state index contributed by atoms with van der Waals surface area (Å²) in [5.74, 6) is 0.137. The number of nitrogens with zero attached hydrogens (tertiary/aromatic N) is 2. The van der Waals surface area contributed by atoms with Crippen LogP contribution in [0.15, 0.2) is 47.5 Å². The fourth-order valence-corrected chi connectivity index (χ4v) is 6.33. The third-order valence-corrected chi connectivity index (χ3v) is 8.62. The zero-order chi connectivity index (χ0) is 27.9. The lowest BCUT2D eigenvalue weighted by Gasteiger charge is -2.44. The number of aliphatic imine (C=N–C) groups is 1. The molecule has 5 rings (SSSR count). The van der Waals surface area contributed by atoms with Gasteiger partial charge in [-0.25, -0.2) is 4.99 Å². The highest BCUT2D eigenvalue weighted by Gasteiger charge is 2.46. The van der Waals surface area contributed by atoms with Crippen LogP contribution >= 0.6 is 0 Å². The number of amides is 2. The first-order valence-electron chi connectivity index (χ1n) is 13.7. The molecule has 2 aromatic carbocycles. The van der Waals surface area contributed by atoms with Crippen molar-refractivity contribution in [3.8, 4) is 5.75 Å². The Balaban J connectivity index is 1.50. The molecular weight excluding hydrogens is 496 g/mol. The molecule has 2 aliphatic heterocycles. The maximum Gasteiger partial charge on any atom is 0.251 e. The molecule has 2 heterocycles. The Bertz CT molecular complexity index is 1300. The molecule has 9 heteroatoms. The Hall–Kier alpha value is -3.43. The highest BCUT2D eigenvalue weighted by molar-refractivity contribution is 6.00. The minimum atomic E-state index is -1.11. The van der Waals surface area contributed by atoms with Crippen molar-refractivity contribution < 1.29 is 24.2 Å². The van der Waals surface area contributed by atoms with E-state index in [9.17, 15) is 14.7 Å². The zero-order valence-corrected chi connectivity index (χ0v) is 23.1. The number of aliphatic hydroxyl groups is 1. The van der Waals surface area contributed by atoms with Crippen molar-refractivity contribution in [2.75, 3.05) is 20.3 Å². The van der Waals surface area contributed by atoms with Crippen molar-refractivity contribution >= 4 is 17.8 Å². The summed E-state index contributed by atoms with van der Waals surface area (Å²) in [5.41, 5.74) is 7.89. The Morgan fingerprint density at radius 2 is 1.95 bits per heavy atom. The van der Waals surface area contributed by atoms with E-state index in [0.717, 1.165) is 11.1 Å². The average molecular weight is 535 g/mol. The number of benzene rings is 2. The first kappa shape index (κ1) is 27.1. The molecule has 0 fully saturated rings. The van der Waals surface area contributed by atoms with Gasteiger partial charge in [0, 0.05) is 30.6 Å². The topological polar surface area (TPSA) is 126 Å². The van der Waals surface area contributed by atoms with Gasteiger partial charge in [0.1, 0.15) is 5.75 Å². The second kappa shape index (κ2) is 10.3. The van der Waals surface area contributed by atoms with Crippen LogP contribution in [0.4, 0.5) is 0 Å². The fraction of sp³-hybridized carbons (Fsp3) is 0.500. The number of hydrogen-bond acceptors (Lipinski definition) is 7. The second-order valence-corrected chi connectivity index (χ2v) is 11.2. The van der Waals surface area contributed by atoms with Crippen LogP contribution in [0.2, 0.25) is 0 Å². The number of fused-ring (bicyclic) bond motifs is 2. The summed E-state index contributed by atoms with van der Waals surface area (Å²) in [6.45, 7) is 6.45. The summed E-state index contributed by atoms with van der Waals surface area (Å²) < 4.78 is 11.5. The van der Waals surface area contributed by atoms with Crippen molar-refractivity contribution in [2.45, 2.75) is 69.7 Å². The van der Waals surface area contributed by atoms with Gasteiger partial charge in [-0.15, -0.1) is 0 Å². The normalized spacial score (nSPS) is 27.3. The zero-order valence-electron chi connectivity index (χ0n) is 23.1. The molecule has 2 aromatic rings. The van der Waals surface area contributed by atoms with Crippen LogP contribution in [-0.4, -0.2) is 59.2 Å². The number of nitrogens with one attached hydrogen (secondary N) is 1. The van der Waals surface area contributed by atoms with E-state index in [1.165, 1.54) is 0 Å². The van der Waals surface area contributed by atoms with Crippen molar-refractivity contribution in [3.63, 3.8) is 0 Å². The van der Waals surface area contributed by atoms with Crippen LogP contribution in [-0.2, 0) is 16.0 Å². The van der Waals surface area contributed by atoms with Crippen LogP contribution < -0.4 is 15.8 Å². The standard InChI is InChI=1S/C30H38N4O5/c1-5-30(6-2)15-24(35)34(28(31)33-30)25-20(16-38-4)17-39-23-12-11-18(13-22(23)25)27(36)32-26-21-10-8-7-9-19(21)14-29(26,3)37/h7-13,20,25-26,37H,5-6,14-17H2,1-4H3,(H2,31,33)(H,32,36)/t20-,25-,26-,29-/m1/s1. The van der Waals surface area contributed by atoms with Crippen LogP contribution in [0.1, 0.15) is 79.2 Å². The molecule has 0 saturated heterocycles. The molecule has 4 N–H and O–H groups in total. The second-order valence-electron chi connectivity index (χ2n) is 11.2. The van der Waals surface area contributed by atoms with Gasteiger partial charge in [0.15, 0.2) is 5.96 Å². The summed E-state index contributed by atoms with van der Waals surface area (Å²) in [5, 5.41) is 14.1. The molecule has 0 bridgehead atoms. The van der Waals surface area contributed by atoms with Crippen LogP contribution in [0, 0.1) is 5.92 Å². The van der Waals surface area contributed by atoms with Crippen LogP contribution in [0.25, 0.3) is 0 Å². The van der Waals surface area contributed by atoms with Gasteiger partial charge in [-0.1, -0.05) is 38.1 Å². The largest absolute Gasteiger partial charge is 0.493 e. The quantitative estimate of drug-likeness (QED) is 0.501. The van der Waals surface area contributed by atoms with Gasteiger partial charge < -0.3 is 25.6 Å². The van der Waals surface area contributed by atoms with Crippen molar-refractivity contribution in [3.05, 3.63) is 64.7 Å². The van der Waals surface area contributed by atoms with Crippen LogP contribution in [0.5, 0.6) is 5.75 Å². The minimum absolute atomic E-state index is 0.0985. The van der Waals surface area contributed by atoms with Gasteiger partial charge in [-0.2, -0.15) is 0 Å². The number of carbonyl (C=O) groups is 2. The predicted octanol–water partition coefficient (Wildman–Crippen LogP) is 3.27. The molecule has 0 spiro atoms. The average Bonchev–Trinajstić information content (AvgIpc) is 3.17. The number of nitrogens with two attached hydrogens (primary N) is 1. The number of ether oxygens (including phenoxy) is 2. The van der Waals surface area contributed by atoms with Crippen LogP contribution in [0.3, 0.4) is 0 Å². The molecule has 2 amide bonds. The lowest BCUT2D eigenvalue weighted by Crippen LogP contribution is -2.55. The molecule has 1 aliphatic carbocycles. The number of hydrogen-bond donors (Lipinski definition) is 3. The van der Waals surface area contributed by atoms with E-state index in [-0.39, 0.29) is 30.1 Å². The van der Waals surface area contributed by atoms with Crippen molar-refractivity contribution in [1.82, 2.24) is 10.2 Å².